The molecule has 1 atom stereocenters. The van der Waals surface area contributed by atoms with E-state index in [0.29, 0.717) is 29.2 Å². The van der Waals surface area contributed by atoms with Gasteiger partial charge < -0.3 is 20.7 Å². The first-order valence-corrected chi connectivity index (χ1v) is 7.91. The van der Waals surface area contributed by atoms with Crippen molar-refractivity contribution >= 4 is 35.1 Å². The fraction of sp³-hybridized carbons (Fsp3) is 0.467. The van der Waals surface area contributed by atoms with Crippen LogP contribution in [-0.2, 0) is 9.53 Å². The average molecular weight is 361 g/mol. The number of carbonyl (C=O) groups is 1. The van der Waals surface area contributed by atoms with Gasteiger partial charge in [0.2, 0.25) is 5.91 Å². The molecule has 1 amide bonds. The summed E-state index contributed by atoms with van der Waals surface area (Å²) in [5.74, 6) is 0.387. The van der Waals surface area contributed by atoms with Gasteiger partial charge >= 0.3 is 0 Å². The molecule has 8 heteroatoms. The molecule has 0 spiro atoms. The maximum absolute atomic E-state index is 11.6. The highest BCUT2D eigenvalue weighted by atomic mass is 35.5. The molecule has 1 unspecified atom stereocenters. The number of amides is 1. The molecular formula is C15H22Cl2N4O2. The van der Waals surface area contributed by atoms with Gasteiger partial charge in [0.15, 0.2) is 5.96 Å². The molecule has 3 N–H and O–H groups in total. The van der Waals surface area contributed by atoms with Gasteiger partial charge in [0.1, 0.15) is 0 Å². The predicted octanol–water partition coefficient (Wildman–Crippen LogP) is 1.98. The van der Waals surface area contributed by atoms with Gasteiger partial charge in [-0.25, -0.2) is 0 Å². The van der Waals surface area contributed by atoms with E-state index >= 15 is 0 Å². The van der Waals surface area contributed by atoms with Crippen LogP contribution in [0.25, 0.3) is 0 Å². The Morgan fingerprint density at radius 3 is 2.65 bits per heavy atom. The largest absolute Gasteiger partial charge is 0.383 e. The maximum Gasteiger partial charge on any atom is 0.239 e. The zero-order chi connectivity index (χ0) is 17.2. The van der Waals surface area contributed by atoms with E-state index in [4.69, 9.17) is 27.9 Å². The van der Waals surface area contributed by atoms with E-state index in [1.165, 1.54) is 0 Å². The molecule has 0 saturated carbocycles. The molecule has 0 bridgehead atoms. The van der Waals surface area contributed by atoms with Gasteiger partial charge in [0.25, 0.3) is 0 Å². The highest BCUT2D eigenvalue weighted by Crippen LogP contribution is 2.25. The molecule has 23 heavy (non-hydrogen) atoms. The minimum atomic E-state index is -0.132. The molecular weight excluding hydrogens is 339 g/mol. The van der Waals surface area contributed by atoms with Crippen LogP contribution in [0.15, 0.2) is 23.2 Å². The molecule has 0 heterocycles. The van der Waals surface area contributed by atoms with Gasteiger partial charge in [-0.2, -0.15) is 0 Å². The lowest BCUT2D eigenvalue weighted by Crippen LogP contribution is -2.44. The summed E-state index contributed by atoms with van der Waals surface area (Å²) in [4.78, 5) is 15.7. The van der Waals surface area contributed by atoms with Gasteiger partial charge in [-0.05, 0) is 24.6 Å². The summed E-state index contributed by atoms with van der Waals surface area (Å²) >= 11 is 11.9. The minimum Gasteiger partial charge on any atom is -0.383 e. The third-order valence-electron chi connectivity index (χ3n) is 3.07. The van der Waals surface area contributed by atoms with E-state index in [0.717, 1.165) is 5.56 Å². The number of benzene rings is 1. The number of nitrogens with one attached hydrogen (secondary N) is 3. The lowest BCUT2D eigenvalue weighted by Gasteiger charge is -2.18. The second-order valence-corrected chi connectivity index (χ2v) is 5.62. The first-order valence-electron chi connectivity index (χ1n) is 7.15. The highest BCUT2D eigenvalue weighted by Gasteiger charge is 2.10. The van der Waals surface area contributed by atoms with Crippen LogP contribution in [0.5, 0.6) is 0 Å². The van der Waals surface area contributed by atoms with Crippen LogP contribution < -0.4 is 16.0 Å². The van der Waals surface area contributed by atoms with Gasteiger partial charge in [0.05, 0.1) is 29.2 Å². The van der Waals surface area contributed by atoms with Crippen molar-refractivity contribution in [2.75, 3.05) is 33.9 Å². The first-order chi connectivity index (χ1) is 11.0. The Morgan fingerprint density at radius 2 is 2.04 bits per heavy atom. The fourth-order valence-electron chi connectivity index (χ4n) is 1.78. The summed E-state index contributed by atoms with van der Waals surface area (Å²) in [5.41, 5.74) is 0.965. The van der Waals surface area contributed by atoms with Gasteiger partial charge in [-0.15, -0.1) is 0 Å². The van der Waals surface area contributed by atoms with Crippen LogP contribution in [0.4, 0.5) is 0 Å². The molecule has 0 aliphatic rings. The van der Waals surface area contributed by atoms with Crippen molar-refractivity contribution in [1.29, 1.82) is 0 Å². The molecule has 1 aromatic carbocycles. The summed E-state index contributed by atoms with van der Waals surface area (Å²) in [6.07, 6.45) is 0. The summed E-state index contributed by atoms with van der Waals surface area (Å²) in [5, 5.41) is 9.87. The standard InChI is InChI=1S/C15H22Cl2N4O2/c1-10(11-4-5-12(16)13(17)8-11)21-15(18-2)20-9-14(22)19-6-7-23-3/h4-5,8,10H,6-7,9H2,1-3H3,(H,19,22)(H2,18,20,21). The Morgan fingerprint density at radius 1 is 1.30 bits per heavy atom. The van der Waals surface area contributed by atoms with E-state index in [-0.39, 0.29) is 18.5 Å². The van der Waals surface area contributed by atoms with Gasteiger partial charge in [-0.3, -0.25) is 9.79 Å². The monoisotopic (exact) mass is 360 g/mol. The van der Waals surface area contributed by atoms with Crippen molar-refractivity contribution in [2.24, 2.45) is 4.99 Å². The minimum absolute atomic E-state index is 0.0486. The number of hydrogen-bond acceptors (Lipinski definition) is 3. The van der Waals surface area contributed by atoms with E-state index in [2.05, 4.69) is 20.9 Å². The zero-order valence-electron chi connectivity index (χ0n) is 13.5. The van der Waals surface area contributed by atoms with E-state index in [1.807, 2.05) is 13.0 Å². The highest BCUT2D eigenvalue weighted by molar-refractivity contribution is 6.42. The maximum atomic E-state index is 11.6. The van der Waals surface area contributed by atoms with Crippen molar-refractivity contribution in [3.63, 3.8) is 0 Å². The lowest BCUT2D eigenvalue weighted by atomic mass is 10.1. The van der Waals surface area contributed by atoms with Crippen LogP contribution in [-0.4, -0.2) is 45.7 Å². The van der Waals surface area contributed by atoms with Crippen LogP contribution in [0.1, 0.15) is 18.5 Å². The van der Waals surface area contributed by atoms with Crippen molar-refractivity contribution in [1.82, 2.24) is 16.0 Å². The molecule has 0 aliphatic carbocycles. The number of nitrogens with zero attached hydrogens (tertiary/aromatic N) is 1. The average Bonchev–Trinajstić information content (AvgIpc) is 2.54. The third-order valence-corrected chi connectivity index (χ3v) is 3.80. The number of rotatable bonds is 7. The molecule has 128 valence electrons. The van der Waals surface area contributed by atoms with Crippen molar-refractivity contribution in [2.45, 2.75) is 13.0 Å². The number of aliphatic imine (C=N–C) groups is 1. The second-order valence-electron chi connectivity index (χ2n) is 4.81. The summed E-state index contributed by atoms with van der Waals surface area (Å²) in [6, 6.07) is 5.38. The van der Waals surface area contributed by atoms with Crippen LogP contribution >= 0.6 is 23.2 Å². The van der Waals surface area contributed by atoms with Crippen molar-refractivity contribution < 1.29 is 9.53 Å². The van der Waals surface area contributed by atoms with Gasteiger partial charge in [-0.1, -0.05) is 29.3 Å². The lowest BCUT2D eigenvalue weighted by molar-refractivity contribution is -0.120. The van der Waals surface area contributed by atoms with Crippen molar-refractivity contribution in [3.05, 3.63) is 33.8 Å². The molecule has 0 fully saturated rings. The Kier molecular flexibility index (Phi) is 8.76. The Balaban J connectivity index is 2.49. The van der Waals surface area contributed by atoms with Gasteiger partial charge in [0, 0.05) is 20.7 Å². The fourth-order valence-corrected chi connectivity index (χ4v) is 2.09. The Bertz CT molecular complexity index is 552. The van der Waals surface area contributed by atoms with Crippen molar-refractivity contribution in [3.8, 4) is 0 Å². The zero-order valence-corrected chi connectivity index (χ0v) is 15.0. The van der Waals surface area contributed by atoms with E-state index in [9.17, 15) is 4.79 Å². The number of guanidine groups is 1. The summed E-state index contributed by atoms with van der Waals surface area (Å²) < 4.78 is 4.87. The molecule has 0 aliphatic heterocycles. The molecule has 0 saturated heterocycles. The topological polar surface area (TPSA) is 74.8 Å². The van der Waals surface area contributed by atoms with Crippen LogP contribution in [0, 0.1) is 0 Å². The Labute approximate surface area is 146 Å². The van der Waals surface area contributed by atoms with E-state index in [1.54, 1.807) is 26.3 Å². The molecule has 0 radical (unpaired) electrons. The van der Waals surface area contributed by atoms with Crippen LogP contribution in [0.2, 0.25) is 10.0 Å². The molecule has 1 aromatic rings. The molecule has 1 rings (SSSR count). The summed E-state index contributed by atoms with van der Waals surface area (Å²) in [7, 11) is 3.22. The molecule has 6 nitrogen and oxygen atoms in total. The molecule has 0 aromatic heterocycles. The normalized spacial score (nSPS) is 12.7. The number of carbonyl (C=O) groups excluding carboxylic acids is 1. The SMILES string of the molecule is CN=C(NCC(=O)NCCOC)NC(C)c1ccc(Cl)c(Cl)c1. The first kappa shape index (κ1) is 19.5. The number of halogens is 2. The number of ether oxygens (including phenoxy) is 1. The third kappa shape index (κ3) is 7.07. The summed E-state index contributed by atoms with van der Waals surface area (Å²) in [6.45, 7) is 3.04. The number of hydrogen-bond donors (Lipinski definition) is 3. The quantitative estimate of drug-likeness (QED) is 0.394. The number of methoxy groups -OCH3 is 1. The van der Waals surface area contributed by atoms with E-state index < -0.39 is 0 Å². The smallest absolute Gasteiger partial charge is 0.239 e. The predicted molar refractivity (Wildman–Crippen MR) is 94.3 cm³/mol. The second kappa shape index (κ2) is 10.3. The Hall–Kier alpha value is -1.50. The van der Waals surface area contributed by atoms with Crippen LogP contribution in [0.3, 0.4) is 0 Å².